The molecular weight excluding hydrogens is 367 g/mol. The minimum absolute atomic E-state index is 0.194. The molecule has 0 amide bonds. The summed E-state index contributed by atoms with van der Waals surface area (Å²) in [5, 5.41) is 0.853. The van der Waals surface area contributed by atoms with Gasteiger partial charge in [0.1, 0.15) is 24.0 Å². The SMILES string of the molecule is O=c1[nH]c(-c2cccc(OCc3ccc(F)cc3Cl)c2)nc2ccccc12. The van der Waals surface area contributed by atoms with E-state index in [1.807, 2.05) is 18.2 Å². The molecule has 1 N–H and O–H groups in total. The highest BCUT2D eigenvalue weighted by Gasteiger charge is 2.08. The number of nitrogens with one attached hydrogen (secondary N) is 1. The molecule has 134 valence electrons. The van der Waals surface area contributed by atoms with Crippen LogP contribution in [-0.4, -0.2) is 9.97 Å². The highest BCUT2D eigenvalue weighted by molar-refractivity contribution is 6.31. The summed E-state index contributed by atoms with van der Waals surface area (Å²) >= 11 is 6.03. The first-order valence-corrected chi connectivity index (χ1v) is 8.64. The van der Waals surface area contributed by atoms with Gasteiger partial charge in [-0.15, -0.1) is 0 Å². The lowest BCUT2D eigenvalue weighted by atomic mass is 10.2. The Labute approximate surface area is 159 Å². The maximum Gasteiger partial charge on any atom is 0.259 e. The summed E-state index contributed by atoms with van der Waals surface area (Å²) in [6, 6.07) is 18.6. The van der Waals surface area contributed by atoms with Crippen LogP contribution in [0.4, 0.5) is 4.39 Å². The van der Waals surface area contributed by atoms with Crippen molar-refractivity contribution in [2.24, 2.45) is 0 Å². The maximum atomic E-state index is 13.1. The van der Waals surface area contributed by atoms with Gasteiger partial charge >= 0.3 is 0 Å². The second kappa shape index (κ2) is 7.21. The van der Waals surface area contributed by atoms with E-state index < -0.39 is 5.82 Å². The summed E-state index contributed by atoms with van der Waals surface area (Å²) in [4.78, 5) is 19.6. The van der Waals surface area contributed by atoms with Crippen molar-refractivity contribution >= 4 is 22.5 Å². The number of fused-ring (bicyclic) bond motifs is 1. The van der Waals surface area contributed by atoms with Gasteiger partial charge in [0.2, 0.25) is 0 Å². The monoisotopic (exact) mass is 380 g/mol. The molecule has 0 saturated carbocycles. The number of para-hydroxylation sites is 1. The number of rotatable bonds is 4. The fraction of sp³-hybridized carbons (Fsp3) is 0.0476. The number of nitrogens with zero attached hydrogens (tertiary/aromatic N) is 1. The molecular formula is C21H14ClFN2O2. The smallest absolute Gasteiger partial charge is 0.259 e. The van der Waals surface area contributed by atoms with Crippen molar-refractivity contribution in [3.8, 4) is 17.1 Å². The van der Waals surface area contributed by atoms with Gasteiger partial charge in [-0.1, -0.05) is 41.9 Å². The minimum atomic E-state index is -0.392. The van der Waals surface area contributed by atoms with E-state index in [0.29, 0.717) is 33.1 Å². The molecule has 0 aliphatic rings. The van der Waals surface area contributed by atoms with E-state index in [1.54, 1.807) is 36.4 Å². The number of hydrogen-bond acceptors (Lipinski definition) is 3. The summed E-state index contributed by atoms with van der Waals surface area (Å²) < 4.78 is 18.9. The average molecular weight is 381 g/mol. The molecule has 4 rings (SSSR count). The molecule has 0 fully saturated rings. The minimum Gasteiger partial charge on any atom is -0.489 e. The van der Waals surface area contributed by atoms with Crippen LogP contribution in [0, 0.1) is 5.82 Å². The Morgan fingerprint density at radius 1 is 1.04 bits per heavy atom. The Balaban J connectivity index is 1.62. The molecule has 3 aromatic carbocycles. The van der Waals surface area contributed by atoms with Crippen LogP contribution in [0.1, 0.15) is 5.56 Å². The zero-order valence-electron chi connectivity index (χ0n) is 14.1. The van der Waals surface area contributed by atoms with E-state index in [9.17, 15) is 9.18 Å². The van der Waals surface area contributed by atoms with Crippen molar-refractivity contribution in [2.45, 2.75) is 6.61 Å². The number of H-pyrrole nitrogens is 1. The summed E-state index contributed by atoms with van der Waals surface area (Å²) in [5.74, 6) is 0.657. The molecule has 1 aromatic heterocycles. The maximum absolute atomic E-state index is 13.1. The fourth-order valence-corrected chi connectivity index (χ4v) is 2.98. The number of benzene rings is 3. The van der Waals surface area contributed by atoms with Crippen LogP contribution >= 0.6 is 11.6 Å². The number of ether oxygens (including phenoxy) is 1. The number of aromatic amines is 1. The Bertz CT molecular complexity index is 1190. The zero-order chi connectivity index (χ0) is 18.8. The predicted molar refractivity (Wildman–Crippen MR) is 104 cm³/mol. The summed E-state index contributed by atoms with van der Waals surface area (Å²) in [5.41, 5.74) is 1.84. The normalized spacial score (nSPS) is 10.9. The molecule has 4 aromatic rings. The van der Waals surface area contributed by atoms with Gasteiger partial charge in [-0.05, 0) is 36.4 Å². The molecule has 0 aliphatic carbocycles. The largest absolute Gasteiger partial charge is 0.489 e. The van der Waals surface area contributed by atoms with Gasteiger partial charge in [0, 0.05) is 11.1 Å². The quantitative estimate of drug-likeness (QED) is 0.544. The van der Waals surface area contributed by atoms with Gasteiger partial charge < -0.3 is 9.72 Å². The van der Waals surface area contributed by atoms with Crippen LogP contribution in [0.15, 0.2) is 71.5 Å². The van der Waals surface area contributed by atoms with Crippen molar-refractivity contribution in [1.82, 2.24) is 9.97 Å². The first-order valence-electron chi connectivity index (χ1n) is 8.26. The van der Waals surface area contributed by atoms with E-state index in [4.69, 9.17) is 16.3 Å². The third kappa shape index (κ3) is 3.68. The van der Waals surface area contributed by atoms with Gasteiger partial charge in [-0.3, -0.25) is 4.79 Å². The molecule has 0 spiro atoms. The van der Waals surface area contributed by atoms with Crippen molar-refractivity contribution in [3.05, 3.63) is 93.5 Å². The van der Waals surface area contributed by atoms with Gasteiger partial charge in [0.05, 0.1) is 15.9 Å². The molecule has 0 saturated heterocycles. The van der Waals surface area contributed by atoms with Crippen LogP contribution < -0.4 is 10.3 Å². The first-order chi connectivity index (χ1) is 13.1. The number of halogens is 2. The van der Waals surface area contributed by atoms with Crippen LogP contribution in [0.2, 0.25) is 5.02 Å². The molecule has 4 nitrogen and oxygen atoms in total. The van der Waals surface area contributed by atoms with Crippen molar-refractivity contribution in [1.29, 1.82) is 0 Å². The predicted octanol–water partition coefficient (Wildman–Crippen LogP) is 4.96. The Hall–Kier alpha value is -3.18. The second-order valence-corrected chi connectivity index (χ2v) is 6.39. The molecule has 0 radical (unpaired) electrons. The van der Waals surface area contributed by atoms with Crippen molar-refractivity contribution in [2.75, 3.05) is 0 Å². The average Bonchev–Trinajstić information content (AvgIpc) is 2.67. The van der Waals surface area contributed by atoms with Gasteiger partial charge in [0.25, 0.3) is 5.56 Å². The summed E-state index contributed by atoms with van der Waals surface area (Å²) in [6.07, 6.45) is 0. The second-order valence-electron chi connectivity index (χ2n) is 5.98. The Morgan fingerprint density at radius 2 is 1.89 bits per heavy atom. The molecule has 0 bridgehead atoms. The van der Waals surface area contributed by atoms with E-state index in [1.165, 1.54) is 12.1 Å². The molecule has 1 heterocycles. The molecule has 6 heteroatoms. The van der Waals surface area contributed by atoms with Gasteiger partial charge in [-0.25, -0.2) is 9.37 Å². The first kappa shape index (κ1) is 17.2. The molecule has 0 atom stereocenters. The van der Waals surface area contributed by atoms with E-state index in [2.05, 4.69) is 9.97 Å². The number of hydrogen-bond donors (Lipinski definition) is 1. The molecule has 0 aliphatic heterocycles. The van der Waals surface area contributed by atoms with Crippen LogP contribution in [0.3, 0.4) is 0 Å². The van der Waals surface area contributed by atoms with Crippen molar-refractivity contribution < 1.29 is 9.13 Å². The highest BCUT2D eigenvalue weighted by Crippen LogP contribution is 2.24. The van der Waals surface area contributed by atoms with Crippen LogP contribution in [0.25, 0.3) is 22.3 Å². The van der Waals surface area contributed by atoms with Gasteiger partial charge in [-0.2, -0.15) is 0 Å². The fourth-order valence-electron chi connectivity index (χ4n) is 2.76. The van der Waals surface area contributed by atoms with Gasteiger partial charge in [0.15, 0.2) is 0 Å². The lowest BCUT2D eigenvalue weighted by Gasteiger charge is -2.09. The standard InChI is InChI=1S/C21H14ClFN2O2/c22-18-11-15(23)9-8-14(18)12-27-16-5-3-4-13(10-16)20-24-19-7-2-1-6-17(19)21(26)25-20/h1-11H,12H2,(H,24,25,26). The van der Waals surface area contributed by atoms with Crippen LogP contribution in [0.5, 0.6) is 5.75 Å². The number of aromatic nitrogens is 2. The van der Waals surface area contributed by atoms with Crippen LogP contribution in [-0.2, 0) is 6.61 Å². The van der Waals surface area contributed by atoms with E-state index >= 15 is 0 Å². The van der Waals surface area contributed by atoms with E-state index in [0.717, 1.165) is 5.56 Å². The summed E-state index contributed by atoms with van der Waals surface area (Å²) in [6.45, 7) is 0.199. The lowest BCUT2D eigenvalue weighted by Crippen LogP contribution is -2.09. The zero-order valence-corrected chi connectivity index (χ0v) is 14.8. The molecule has 27 heavy (non-hydrogen) atoms. The third-order valence-electron chi connectivity index (χ3n) is 4.13. The molecule has 0 unspecified atom stereocenters. The third-order valence-corrected chi connectivity index (χ3v) is 4.48. The van der Waals surface area contributed by atoms with Crippen molar-refractivity contribution in [3.63, 3.8) is 0 Å². The summed E-state index contributed by atoms with van der Waals surface area (Å²) in [7, 11) is 0. The lowest BCUT2D eigenvalue weighted by molar-refractivity contribution is 0.306. The van der Waals surface area contributed by atoms with E-state index in [-0.39, 0.29) is 12.2 Å². The Morgan fingerprint density at radius 3 is 2.74 bits per heavy atom. The highest BCUT2D eigenvalue weighted by atomic mass is 35.5. The topological polar surface area (TPSA) is 55.0 Å². The Kier molecular flexibility index (Phi) is 4.60.